The van der Waals surface area contributed by atoms with Crippen LogP contribution in [0, 0.1) is 0 Å². The molecule has 0 aliphatic heterocycles. The second-order valence-electron chi connectivity index (χ2n) is 3.97. The first-order valence-electron chi connectivity index (χ1n) is 5.51. The minimum atomic E-state index is -0.198. The zero-order chi connectivity index (χ0) is 13.5. The number of methoxy groups -OCH3 is 2. The summed E-state index contributed by atoms with van der Waals surface area (Å²) in [6.07, 6.45) is 1.73. The smallest absolute Gasteiger partial charge is 0.251 e. The van der Waals surface area contributed by atoms with Crippen LogP contribution in [0.5, 0.6) is 11.5 Å². The van der Waals surface area contributed by atoms with Crippen molar-refractivity contribution < 1.29 is 14.3 Å². The van der Waals surface area contributed by atoms with Crippen molar-refractivity contribution in [3.63, 3.8) is 0 Å². The normalized spacial score (nSPS) is 10.4. The maximum atomic E-state index is 11.6. The van der Waals surface area contributed by atoms with Gasteiger partial charge in [0.2, 0.25) is 0 Å². The summed E-state index contributed by atoms with van der Waals surface area (Å²) in [5, 5.41) is 0. The van der Waals surface area contributed by atoms with Crippen LogP contribution in [0.1, 0.15) is 5.56 Å². The maximum Gasteiger partial charge on any atom is 0.251 e. The molecule has 0 aromatic heterocycles. The number of aliphatic imine (C=N–C) groups is 1. The Morgan fingerprint density at radius 1 is 1.28 bits per heavy atom. The van der Waals surface area contributed by atoms with E-state index in [-0.39, 0.29) is 12.3 Å². The Bertz CT molecular complexity index is 442. The van der Waals surface area contributed by atoms with Crippen LogP contribution < -0.4 is 9.47 Å². The second kappa shape index (κ2) is 6.64. The topological polar surface area (TPSA) is 51.1 Å². The first kappa shape index (κ1) is 14.0. The van der Waals surface area contributed by atoms with Gasteiger partial charge in [-0.05, 0) is 17.7 Å². The van der Waals surface area contributed by atoms with Gasteiger partial charge < -0.3 is 14.4 Å². The number of rotatable bonds is 5. The number of nitrogens with zero attached hydrogens (tertiary/aromatic N) is 2. The van der Waals surface area contributed by atoms with Crippen molar-refractivity contribution in [2.45, 2.75) is 6.42 Å². The summed E-state index contributed by atoms with van der Waals surface area (Å²) < 4.78 is 10.3. The highest BCUT2D eigenvalue weighted by molar-refractivity contribution is 5.86. The Balaban J connectivity index is 2.76. The molecule has 0 aliphatic rings. The van der Waals surface area contributed by atoms with Crippen LogP contribution in [0.4, 0.5) is 0 Å². The van der Waals surface area contributed by atoms with Crippen LogP contribution in [0.2, 0.25) is 0 Å². The van der Waals surface area contributed by atoms with Gasteiger partial charge in [0.1, 0.15) is 0 Å². The average Bonchev–Trinajstić information content (AvgIpc) is 2.36. The van der Waals surface area contributed by atoms with Crippen molar-refractivity contribution in [1.82, 2.24) is 4.90 Å². The van der Waals surface area contributed by atoms with Gasteiger partial charge in [-0.25, -0.2) is 4.99 Å². The number of hydrogen-bond donors (Lipinski definition) is 0. The van der Waals surface area contributed by atoms with Crippen LogP contribution in [0.15, 0.2) is 23.2 Å². The third-order valence-electron chi connectivity index (χ3n) is 2.24. The number of carbonyl (C=O) groups is 1. The lowest BCUT2D eigenvalue weighted by Crippen LogP contribution is -2.10. The van der Waals surface area contributed by atoms with Gasteiger partial charge in [-0.2, -0.15) is 0 Å². The third-order valence-corrected chi connectivity index (χ3v) is 2.24. The highest BCUT2D eigenvalue weighted by Crippen LogP contribution is 2.27. The first-order chi connectivity index (χ1) is 8.56. The fourth-order valence-corrected chi connectivity index (χ4v) is 1.39. The van der Waals surface area contributed by atoms with Crippen molar-refractivity contribution >= 4 is 12.2 Å². The summed E-state index contributed by atoms with van der Waals surface area (Å²) in [7, 11) is 6.76. The van der Waals surface area contributed by atoms with E-state index in [0.717, 1.165) is 5.56 Å². The zero-order valence-electron chi connectivity index (χ0n) is 11.1. The molecule has 5 heteroatoms. The molecule has 0 saturated heterocycles. The van der Waals surface area contributed by atoms with Gasteiger partial charge in [0, 0.05) is 14.1 Å². The fraction of sp³-hybridized carbons (Fsp3) is 0.385. The van der Waals surface area contributed by atoms with Crippen molar-refractivity contribution in [3.8, 4) is 11.5 Å². The Hall–Kier alpha value is -2.04. The van der Waals surface area contributed by atoms with Gasteiger partial charge in [-0.3, -0.25) is 4.79 Å². The van der Waals surface area contributed by atoms with E-state index in [9.17, 15) is 4.79 Å². The van der Waals surface area contributed by atoms with Gasteiger partial charge in [0.05, 0.1) is 27.0 Å². The number of carbonyl (C=O) groups excluding carboxylic acids is 1. The molecule has 1 aromatic rings. The molecule has 0 heterocycles. The lowest BCUT2D eigenvalue weighted by Gasteiger charge is -2.08. The van der Waals surface area contributed by atoms with Gasteiger partial charge in [0.15, 0.2) is 11.5 Å². The number of amides is 1. The van der Waals surface area contributed by atoms with Crippen molar-refractivity contribution in [2.24, 2.45) is 4.99 Å². The molecule has 0 fully saturated rings. The largest absolute Gasteiger partial charge is 0.493 e. The Kier molecular flexibility index (Phi) is 5.17. The standard InChI is InChI=1S/C13H18N2O3/c1-15(2)9-14-13(16)8-10-5-6-11(17-3)12(7-10)18-4/h5-7,9H,8H2,1-4H3. The number of hydrogen-bond acceptors (Lipinski definition) is 3. The molecular weight excluding hydrogens is 232 g/mol. The second-order valence-corrected chi connectivity index (χ2v) is 3.97. The van der Waals surface area contributed by atoms with E-state index in [0.29, 0.717) is 11.5 Å². The number of benzene rings is 1. The van der Waals surface area contributed by atoms with E-state index in [2.05, 4.69) is 4.99 Å². The summed E-state index contributed by atoms with van der Waals surface area (Å²) >= 11 is 0. The predicted octanol–water partition coefficient (Wildman–Crippen LogP) is 1.36. The van der Waals surface area contributed by atoms with Gasteiger partial charge >= 0.3 is 0 Å². The molecule has 1 amide bonds. The molecule has 5 nitrogen and oxygen atoms in total. The average molecular weight is 250 g/mol. The fourth-order valence-electron chi connectivity index (χ4n) is 1.39. The molecule has 0 atom stereocenters. The summed E-state index contributed by atoms with van der Waals surface area (Å²) in [6.45, 7) is 0. The summed E-state index contributed by atoms with van der Waals surface area (Å²) in [5.74, 6) is 1.06. The van der Waals surface area contributed by atoms with E-state index in [1.807, 2.05) is 20.2 Å². The molecular formula is C13H18N2O3. The van der Waals surface area contributed by atoms with Gasteiger partial charge in [-0.15, -0.1) is 0 Å². The van der Waals surface area contributed by atoms with E-state index in [1.165, 1.54) is 6.34 Å². The molecule has 0 saturated carbocycles. The lowest BCUT2D eigenvalue weighted by molar-refractivity contribution is -0.117. The maximum absolute atomic E-state index is 11.6. The van der Waals surface area contributed by atoms with Crippen molar-refractivity contribution in [1.29, 1.82) is 0 Å². The van der Waals surface area contributed by atoms with Crippen molar-refractivity contribution in [2.75, 3.05) is 28.3 Å². The van der Waals surface area contributed by atoms with Gasteiger partial charge in [-0.1, -0.05) is 6.07 Å². The SMILES string of the molecule is COc1ccc(CC(=O)N=CN(C)C)cc1OC. The molecule has 0 N–H and O–H groups in total. The molecule has 0 radical (unpaired) electrons. The monoisotopic (exact) mass is 250 g/mol. The third kappa shape index (κ3) is 4.08. The molecule has 18 heavy (non-hydrogen) atoms. The molecule has 1 aromatic carbocycles. The molecule has 0 bridgehead atoms. The van der Waals surface area contributed by atoms with Crippen LogP contribution in [0.25, 0.3) is 0 Å². The van der Waals surface area contributed by atoms with E-state index < -0.39 is 0 Å². The predicted molar refractivity (Wildman–Crippen MR) is 70.4 cm³/mol. The zero-order valence-corrected chi connectivity index (χ0v) is 11.1. The van der Waals surface area contributed by atoms with Crippen LogP contribution in [-0.4, -0.2) is 45.5 Å². The van der Waals surface area contributed by atoms with Crippen molar-refractivity contribution in [3.05, 3.63) is 23.8 Å². The van der Waals surface area contributed by atoms with E-state index >= 15 is 0 Å². The molecule has 0 aliphatic carbocycles. The minimum Gasteiger partial charge on any atom is -0.493 e. The Morgan fingerprint density at radius 3 is 2.50 bits per heavy atom. The summed E-state index contributed by atoms with van der Waals surface area (Å²) in [5.41, 5.74) is 0.841. The summed E-state index contributed by atoms with van der Waals surface area (Å²) in [4.78, 5) is 17.1. The van der Waals surface area contributed by atoms with Crippen LogP contribution >= 0.6 is 0 Å². The molecule has 1 rings (SSSR count). The Morgan fingerprint density at radius 2 is 1.94 bits per heavy atom. The first-order valence-corrected chi connectivity index (χ1v) is 5.51. The summed E-state index contributed by atoms with van der Waals surface area (Å²) in [6, 6.07) is 5.38. The van der Waals surface area contributed by atoms with Crippen LogP contribution in [-0.2, 0) is 11.2 Å². The molecule has 0 spiro atoms. The minimum absolute atomic E-state index is 0.198. The number of ether oxygens (including phenoxy) is 2. The van der Waals surface area contributed by atoms with E-state index in [4.69, 9.17) is 9.47 Å². The Labute approximate surface area is 107 Å². The van der Waals surface area contributed by atoms with Gasteiger partial charge in [0.25, 0.3) is 5.91 Å². The van der Waals surface area contributed by atoms with Crippen LogP contribution in [0.3, 0.4) is 0 Å². The molecule has 98 valence electrons. The van der Waals surface area contributed by atoms with E-state index in [1.54, 1.807) is 31.3 Å². The highest BCUT2D eigenvalue weighted by atomic mass is 16.5. The molecule has 0 unspecified atom stereocenters. The lowest BCUT2D eigenvalue weighted by atomic mass is 10.1. The quantitative estimate of drug-likeness (QED) is 0.585. The highest BCUT2D eigenvalue weighted by Gasteiger charge is 2.07.